The van der Waals surface area contributed by atoms with Gasteiger partial charge in [-0.1, -0.05) is 0 Å². The lowest BCUT2D eigenvalue weighted by molar-refractivity contribution is -0.0756. The number of nitrogen functional groups attached to an aromatic ring is 2. The molecule has 0 bridgehead atoms. The summed E-state index contributed by atoms with van der Waals surface area (Å²) in [5.41, 5.74) is 12.4. The number of carbonyl (C=O) groups excluding carboxylic acids is 1. The van der Waals surface area contributed by atoms with Crippen LogP contribution in [-0.4, -0.2) is 25.1 Å². The molecule has 0 aliphatic carbocycles. The molecule has 0 atom stereocenters. The van der Waals surface area contributed by atoms with E-state index in [-0.39, 0.29) is 5.91 Å². The molecule has 76 valence electrons. The lowest BCUT2D eigenvalue weighted by atomic mass is 10.1. The third-order valence-electron chi connectivity index (χ3n) is 1.89. The summed E-state index contributed by atoms with van der Waals surface area (Å²) in [5, 5.41) is 1.12. The van der Waals surface area contributed by atoms with Crippen molar-refractivity contribution in [1.82, 2.24) is 5.06 Å². The average molecular weight is 195 g/mol. The maximum atomic E-state index is 11.5. The van der Waals surface area contributed by atoms with E-state index in [2.05, 4.69) is 0 Å². The summed E-state index contributed by atoms with van der Waals surface area (Å²) in [7, 11) is 2.94. The third-order valence-corrected chi connectivity index (χ3v) is 1.89. The number of amides is 1. The number of rotatable bonds is 2. The zero-order valence-electron chi connectivity index (χ0n) is 8.15. The minimum Gasteiger partial charge on any atom is -0.397 e. The first-order valence-electron chi connectivity index (χ1n) is 4.03. The van der Waals surface area contributed by atoms with Crippen molar-refractivity contribution >= 4 is 17.3 Å². The fraction of sp³-hybridized carbons (Fsp3) is 0.222. The number of carbonyl (C=O) groups is 1. The van der Waals surface area contributed by atoms with Crippen molar-refractivity contribution in [2.45, 2.75) is 0 Å². The topological polar surface area (TPSA) is 81.6 Å². The Balaban J connectivity index is 2.97. The van der Waals surface area contributed by atoms with Gasteiger partial charge in [-0.25, -0.2) is 5.06 Å². The molecule has 1 aromatic carbocycles. The molecular formula is C9H13N3O2. The normalized spacial score (nSPS) is 9.86. The Morgan fingerprint density at radius 2 is 2.00 bits per heavy atom. The summed E-state index contributed by atoms with van der Waals surface area (Å²) < 4.78 is 0. The molecule has 0 aliphatic rings. The van der Waals surface area contributed by atoms with E-state index in [1.54, 1.807) is 12.1 Å². The van der Waals surface area contributed by atoms with Crippen LogP contribution >= 0.6 is 0 Å². The first-order chi connectivity index (χ1) is 6.56. The fourth-order valence-corrected chi connectivity index (χ4v) is 0.973. The maximum Gasteiger partial charge on any atom is 0.277 e. The molecule has 0 spiro atoms. The quantitative estimate of drug-likeness (QED) is 0.531. The average Bonchev–Trinajstić information content (AvgIpc) is 2.20. The maximum absolute atomic E-state index is 11.5. The van der Waals surface area contributed by atoms with Gasteiger partial charge in [0.15, 0.2) is 0 Å². The van der Waals surface area contributed by atoms with E-state index in [0.29, 0.717) is 16.9 Å². The SMILES string of the molecule is CON(C)C(=O)c1ccc(N)c(N)c1. The number of anilines is 2. The first-order valence-corrected chi connectivity index (χ1v) is 4.03. The predicted octanol–water partition coefficient (Wildman–Crippen LogP) is 0.484. The highest BCUT2D eigenvalue weighted by Crippen LogP contribution is 2.16. The van der Waals surface area contributed by atoms with E-state index in [1.807, 2.05) is 0 Å². The Morgan fingerprint density at radius 3 is 2.50 bits per heavy atom. The number of hydrogen-bond acceptors (Lipinski definition) is 4. The Kier molecular flexibility index (Phi) is 2.93. The van der Waals surface area contributed by atoms with E-state index in [4.69, 9.17) is 16.3 Å². The second-order valence-electron chi connectivity index (χ2n) is 2.83. The van der Waals surface area contributed by atoms with E-state index in [9.17, 15) is 4.79 Å². The third kappa shape index (κ3) is 1.94. The van der Waals surface area contributed by atoms with Crippen LogP contribution in [0.15, 0.2) is 18.2 Å². The van der Waals surface area contributed by atoms with Crippen LogP contribution in [0.25, 0.3) is 0 Å². The molecule has 0 heterocycles. The smallest absolute Gasteiger partial charge is 0.277 e. The minimum atomic E-state index is -0.265. The molecule has 0 aliphatic heterocycles. The summed E-state index contributed by atoms with van der Waals surface area (Å²) in [6.45, 7) is 0. The highest BCUT2D eigenvalue weighted by atomic mass is 16.7. The van der Waals surface area contributed by atoms with Gasteiger partial charge in [0.2, 0.25) is 0 Å². The van der Waals surface area contributed by atoms with Crippen LogP contribution in [0, 0.1) is 0 Å². The van der Waals surface area contributed by atoms with Gasteiger partial charge in [0.25, 0.3) is 5.91 Å². The summed E-state index contributed by atoms with van der Waals surface area (Å²) in [5.74, 6) is -0.265. The van der Waals surface area contributed by atoms with Crippen LogP contribution in [0.1, 0.15) is 10.4 Å². The zero-order chi connectivity index (χ0) is 10.7. The fourth-order valence-electron chi connectivity index (χ4n) is 0.973. The van der Waals surface area contributed by atoms with Gasteiger partial charge in [0.1, 0.15) is 0 Å². The van der Waals surface area contributed by atoms with Gasteiger partial charge in [-0.3, -0.25) is 9.63 Å². The van der Waals surface area contributed by atoms with Crippen LogP contribution in [-0.2, 0) is 4.84 Å². The van der Waals surface area contributed by atoms with Crippen molar-refractivity contribution in [3.8, 4) is 0 Å². The summed E-state index contributed by atoms with van der Waals surface area (Å²) in [4.78, 5) is 16.3. The molecule has 0 fully saturated rings. The van der Waals surface area contributed by atoms with E-state index in [0.717, 1.165) is 5.06 Å². The molecule has 14 heavy (non-hydrogen) atoms. The standard InChI is InChI=1S/C9H13N3O2/c1-12(14-2)9(13)6-3-4-7(10)8(11)5-6/h3-5H,10-11H2,1-2H3. The van der Waals surface area contributed by atoms with Crippen LogP contribution in [0.2, 0.25) is 0 Å². The van der Waals surface area contributed by atoms with Gasteiger partial charge in [-0.2, -0.15) is 0 Å². The van der Waals surface area contributed by atoms with Crippen molar-refractivity contribution in [3.63, 3.8) is 0 Å². The highest BCUT2D eigenvalue weighted by Gasteiger charge is 2.11. The number of hydrogen-bond donors (Lipinski definition) is 2. The second kappa shape index (κ2) is 3.97. The van der Waals surface area contributed by atoms with Gasteiger partial charge < -0.3 is 11.5 Å². The Morgan fingerprint density at radius 1 is 1.36 bits per heavy atom. The Labute approximate surface area is 82.2 Å². The molecule has 1 aromatic rings. The number of benzene rings is 1. The number of nitrogens with two attached hydrogens (primary N) is 2. The van der Waals surface area contributed by atoms with Crippen LogP contribution in [0.3, 0.4) is 0 Å². The molecule has 0 saturated carbocycles. The molecule has 4 N–H and O–H groups in total. The van der Waals surface area contributed by atoms with Gasteiger partial charge in [-0.15, -0.1) is 0 Å². The van der Waals surface area contributed by atoms with Crippen molar-refractivity contribution < 1.29 is 9.63 Å². The van der Waals surface area contributed by atoms with Crippen LogP contribution < -0.4 is 11.5 Å². The summed E-state index contributed by atoms with van der Waals surface area (Å²) in [6, 6.07) is 4.71. The van der Waals surface area contributed by atoms with Crippen molar-refractivity contribution in [1.29, 1.82) is 0 Å². The zero-order valence-corrected chi connectivity index (χ0v) is 8.15. The van der Waals surface area contributed by atoms with Crippen molar-refractivity contribution in [2.75, 3.05) is 25.6 Å². The molecular weight excluding hydrogens is 182 g/mol. The van der Waals surface area contributed by atoms with Gasteiger partial charge >= 0.3 is 0 Å². The molecule has 1 rings (SSSR count). The van der Waals surface area contributed by atoms with Crippen molar-refractivity contribution in [2.24, 2.45) is 0 Å². The molecule has 0 aromatic heterocycles. The highest BCUT2D eigenvalue weighted by molar-refractivity contribution is 5.95. The van der Waals surface area contributed by atoms with Crippen molar-refractivity contribution in [3.05, 3.63) is 23.8 Å². The van der Waals surface area contributed by atoms with E-state index < -0.39 is 0 Å². The number of hydroxylamine groups is 2. The molecule has 0 saturated heterocycles. The summed E-state index contributed by atoms with van der Waals surface area (Å²) in [6.07, 6.45) is 0. The van der Waals surface area contributed by atoms with Crippen LogP contribution in [0.4, 0.5) is 11.4 Å². The van der Waals surface area contributed by atoms with Gasteiger partial charge in [-0.05, 0) is 18.2 Å². The molecule has 5 nitrogen and oxygen atoms in total. The lowest BCUT2D eigenvalue weighted by Gasteiger charge is -2.13. The Bertz CT molecular complexity index is 352. The van der Waals surface area contributed by atoms with Crippen LogP contribution in [0.5, 0.6) is 0 Å². The first kappa shape index (κ1) is 10.3. The Hall–Kier alpha value is -1.75. The summed E-state index contributed by atoms with van der Waals surface area (Å²) >= 11 is 0. The van der Waals surface area contributed by atoms with E-state index in [1.165, 1.54) is 20.2 Å². The molecule has 5 heteroatoms. The minimum absolute atomic E-state index is 0.265. The monoisotopic (exact) mass is 195 g/mol. The molecule has 0 radical (unpaired) electrons. The molecule has 0 unspecified atom stereocenters. The van der Waals surface area contributed by atoms with Gasteiger partial charge in [0.05, 0.1) is 18.5 Å². The lowest BCUT2D eigenvalue weighted by Crippen LogP contribution is -2.25. The largest absolute Gasteiger partial charge is 0.397 e. The number of nitrogens with zero attached hydrogens (tertiary/aromatic N) is 1. The predicted molar refractivity (Wildman–Crippen MR) is 54.4 cm³/mol. The molecule has 1 amide bonds. The van der Waals surface area contributed by atoms with E-state index >= 15 is 0 Å². The second-order valence-corrected chi connectivity index (χ2v) is 2.83. The van der Waals surface area contributed by atoms with Gasteiger partial charge in [0, 0.05) is 12.6 Å².